The van der Waals surface area contributed by atoms with Gasteiger partial charge < -0.3 is 10.1 Å². The monoisotopic (exact) mass is 300 g/mol. The molecule has 0 aromatic heterocycles. The Kier molecular flexibility index (Phi) is 6.55. The number of rotatable bonds is 7. The van der Waals surface area contributed by atoms with E-state index in [0.29, 0.717) is 6.04 Å². The van der Waals surface area contributed by atoms with Crippen LogP contribution in [-0.4, -0.2) is 44.8 Å². The van der Waals surface area contributed by atoms with Crippen LogP contribution >= 0.6 is 15.9 Å². The number of anilines is 1. The van der Waals surface area contributed by atoms with Crippen molar-refractivity contribution in [2.24, 2.45) is 0 Å². The average Bonchev–Trinajstić information content (AvgIpc) is 2.32. The van der Waals surface area contributed by atoms with Gasteiger partial charge in [0.2, 0.25) is 0 Å². The van der Waals surface area contributed by atoms with Gasteiger partial charge in [-0.1, -0.05) is 15.9 Å². The van der Waals surface area contributed by atoms with E-state index in [4.69, 9.17) is 4.74 Å². The highest BCUT2D eigenvalue weighted by atomic mass is 79.9. The normalized spacial score (nSPS) is 12.8. The number of ether oxygens (including phenoxy) is 1. The molecule has 0 bridgehead atoms. The Morgan fingerprint density at radius 3 is 2.59 bits per heavy atom. The Balaban J connectivity index is 2.25. The van der Waals surface area contributed by atoms with E-state index in [1.165, 1.54) is 0 Å². The van der Waals surface area contributed by atoms with Gasteiger partial charge in [-0.3, -0.25) is 4.90 Å². The van der Waals surface area contributed by atoms with Gasteiger partial charge in [-0.05, 0) is 38.2 Å². The number of hydrogen-bond donors (Lipinski definition) is 1. The van der Waals surface area contributed by atoms with Gasteiger partial charge in [0.15, 0.2) is 0 Å². The zero-order valence-electron chi connectivity index (χ0n) is 10.7. The molecule has 3 nitrogen and oxygen atoms in total. The van der Waals surface area contributed by atoms with Crippen molar-refractivity contribution in [2.45, 2.75) is 13.0 Å². The topological polar surface area (TPSA) is 24.5 Å². The highest BCUT2D eigenvalue weighted by molar-refractivity contribution is 9.10. The van der Waals surface area contributed by atoms with E-state index in [1.54, 1.807) is 7.11 Å². The maximum absolute atomic E-state index is 5.14. The minimum atomic E-state index is 0.451. The van der Waals surface area contributed by atoms with Crippen LogP contribution in [0.4, 0.5) is 5.69 Å². The Morgan fingerprint density at radius 1 is 1.35 bits per heavy atom. The summed E-state index contributed by atoms with van der Waals surface area (Å²) in [4.78, 5) is 2.29. The maximum atomic E-state index is 5.14. The van der Waals surface area contributed by atoms with E-state index < -0.39 is 0 Å². The van der Waals surface area contributed by atoms with Crippen molar-refractivity contribution in [2.75, 3.05) is 39.2 Å². The molecule has 17 heavy (non-hydrogen) atoms. The summed E-state index contributed by atoms with van der Waals surface area (Å²) in [6.45, 7) is 4.88. The van der Waals surface area contributed by atoms with Crippen molar-refractivity contribution >= 4 is 21.6 Å². The summed E-state index contributed by atoms with van der Waals surface area (Å²) in [5.41, 5.74) is 1.15. The molecule has 1 aromatic rings. The van der Waals surface area contributed by atoms with Crippen LogP contribution in [0.25, 0.3) is 0 Å². The summed E-state index contributed by atoms with van der Waals surface area (Å²) in [5.74, 6) is 0. The van der Waals surface area contributed by atoms with Crippen LogP contribution in [0.15, 0.2) is 28.7 Å². The Hall–Kier alpha value is -0.580. The van der Waals surface area contributed by atoms with E-state index in [-0.39, 0.29) is 0 Å². The highest BCUT2D eigenvalue weighted by Gasteiger charge is 2.07. The molecule has 1 aromatic carbocycles. The molecule has 0 aliphatic rings. The fraction of sp³-hybridized carbons (Fsp3) is 0.538. The molecule has 0 saturated carbocycles. The third kappa shape index (κ3) is 5.52. The minimum Gasteiger partial charge on any atom is -0.384 e. The van der Waals surface area contributed by atoms with Gasteiger partial charge in [0.05, 0.1) is 6.61 Å². The molecule has 0 aliphatic carbocycles. The van der Waals surface area contributed by atoms with E-state index >= 15 is 0 Å². The fourth-order valence-electron chi connectivity index (χ4n) is 1.53. The molecular weight excluding hydrogens is 280 g/mol. The zero-order chi connectivity index (χ0) is 12.7. The Labute approximate surface area is 112 Å². The van der Waals surface area contributed by atoms with Gasteiger partial charge in [-0.2, -0.15) is 0 Å². The van der Waals surface area contributed by atoms with E-state index in [0.717, 1.165) is 29.9 Å². The fourth-order valence-corrected chi connectivity index (χ4v) is 1.80. The van der Waals surface area contributed by atoms with Crippen molar-refractivity contribution in [1.29, 1.82) is 0 Å². The van der Waals surface area contributed by atoms with Gasteiger partial charge >= 0.3 is 0 Å². The molecule has 96 valence electrons. The minimum absolute atomic E-state index is 0.451. The van der Waals surface area contributed by atoms with Gasteiger partial charge in [0.25, 0.3) is 0 Å². The lowest BCUT2D eigenvalue weighted by atomic mass is 10.3. The van der Waals surface area contributed by atoms with E-state index in [2.05, 4.69) is 52.3 Å². The quantitative estimate of drug-likeness (QED) is 0.838. The molecule has 4 heteroatoms. The predicted molar refractivity (Wildman–Crippen MR) is 76.6 cm³/mol. The summed E-state index contributed by atoms with van der Waals surface area (Å²) >= 11 is 3.42. The number of halogens is 1. The molecule has 0 spiro atoms. The first-order valence-corrected chi connectivity index (χ1v) is 6.61. The Morgan fingerprint density at radius 2 is 2.00 bits per heavy atom. The van der Waals surface area contributed by atoms with Crippen LogP contribution in [0.1, 0.15) is 6.92 Å². The summed E-state index contributed by atoms with van der Waals surface area (Å²) in [6, 6.07) is 8.68. The maximum Gasteiger partial charge on any atom is 0.0615 e. The molecule has 0 saturated heterocycles. The number of likely N-dealkylation sites (N-methyl/N-ethyl adjacent to an activating group) is 1. The smallest absolute Gasteiger partial charge is 0.0615 e. The molecule has 1 N–H and O–H groups in total. The standard InChI is InChI=1S/C13H21BrN2O/c1-11(10-17-3)16(2)9-8-15-13-6-4-12(14)5-7-13/h4-7,11,15H,8-10H2,1-3H3. The molecular formula is C13H21BrN2O. The van der Waals surface area contributed by atoms with Crippen LogP contribution in [-0.2, 0) is 4.74 Å². The third-order valence-electron chi connectivity index (χ3n) is 2.80. The molecule has 0 heterocycles. The van der Waals surface area contributed by atoms with Gasteiger partial charge in [-0.25, -0.2) is 0 Å². The lowest BCUT2D eigenvalue weighted by Crippen LogP contribution is -2.36. The van der Waals surface area contributed by atoms with Crippen LogP contribution in [0.2, 0.25) is 0 Å². The summed E-state index contributed by atoms with van der Waals surface area (Å²) < 4.78 is 6.24. The first kappa shape index (κ1) is 14.5. The number of nitrogens with zero attached hydrogens (tertiary/aromatic N) is 1. The van der Waals surface area contributed by atoms with Gasteiger partial charge in [-0.15, -0.1) is 0 Å². The van der Waals surface area contributed by atoms with E-state index in [1.807, 2.05) is 12.1 Å². The summed E-state index contributed by atoms with van der Waals surface area (Å²) in [7, 11) is 3.86. The van der Waals surface area contributed by atoms with Crippen LogP contribution in [0.5, 0.6) is 0 Å². The number of methoxy groups -OCH3 is 1. The molecule has 1 rings (SSSR count). The second-order valence-electron chi connectivity index (χ2n) is 4.22. The largest absolute Gasteiger partial charge is 0.384 e. The molecule has 1 unspecified atom stereocenters. The molecule has 0 radical (unpaired) electrons. The predicted octanol–water partition coefficient (Wildman–Crippen LogP) is 2.83. The second kappa shape index (κ2) is 7.69. The van der Waals surface area contributed by atoms with E-state index in [9.17, 15) is 0 Å². The first-order valence-electron chi connectivity index (χ1n) is 5.82. The highest BCUT2D eigenvalue weighted by Crippen LogP contribution is 2.13. The Bertz CT molecular complexity index is 316. The van der Waals surface area contributed by atoms with Gasteiger partial charge in [0, 0.05) is 36.4 Å². The van der Waals surface area contributed by atoms with Crippen LogP contribution < -0.4 is 5.32 Å². The van der Waals surface area contributed by atoms with Gasteiger partial charge in [0.1, 0.15) is 0 Å². The van der Waals surface area contributed by atoms with Crippen molar-refractivity contribution in [3.05, 3.63) is 28.7 Å². The molecule has 0 fully saturated rings. The van der Waals surface area contributed by atoms with Crippen LogP contribution in [0, 0.1) is 0 Å². The lowest BCUT2D eigenvalue weighted by molar-refractivity contribution is 0.118. The SMILES string of the molecule is COCC(C)N(C)CCNc1ccc(Br)cc1. The number of hydrogen-bond acceptors (Lipinski definition) is 3. The molecule has 0 amide bonds. The number of nitrogens with one attached hydrogen (secondary N) is 1. The van der Waals surface area contributed by atoms with Crippen molar-refractivity contribution < 1.29 is 4.74 Å². The van der Waals surface area contributed by atoms with Crippen molar-refractivity contribution in [3.63, 3.8) is 0 Å². The van der Waals surface area contributed by atoms with Crippen molar-refractivity contribution in [3.8, 4) is 0 Å². The molecule has 0 aliphatic heterocycles. The second-order valence-corrected chi connectivity index (χ2v) is 5.13. The van der Waals surface area contributed by atoms with Crippen LogP contribution in [0.3, 0.4) is 0 Å². The summed E-state index contributed by atoms with van der Waals surface area (Å²) in [5, 5.41) is 3.40. The first-order chi connectivity index (χ1) is 8.13. The third-order valence-corrected chi connectivity index (χ3v) is 3.33. The average molecular weight is 301 g/mol. The van der Waals surface area contributed by atoms with Crippen molar-refractivity contribution in [1.82, 2.24) is 4.90 Å². The molecule has 1 atom stereocenters. The lowest BCUT2D eigenvalue weighted by Gasteiger charge is -2.24. The summed E-state index contributed by atoms with van der Waals surface area (Å²) in [6.07, 6.45) is 0. The number of benzene rings is 1. The zero-order valence-corrected chi connectivity index (χ0v) is 12.3.